The maximum Gasteiger partial charge on any atom is 0.416 e. The Hall–Kier alpha value is -4.23. The molecule has 1 aliphatic heterocycles. The Balaban J connectivity index is 1.28. The molecule has 0 atom stereocenters. The quantitative estimate of drug-likeness (QED) is 0.278. The molecule has 2 aromatic carbocycles. The number of carbonyl (C=O) groups excluding carboxylic acids is 1. The molecule has 1 aliphatic rings. The van der Waals surface area contributed by atoms with E-state index in [-0.39, 0.29) is 29.6 Å². The van der Waals surface area contributed by atoms with Crippen LogP contribution in [0.15, 0.2) is 48.7 Å². The van der Waals surface area contributed by atoms with E-state index in [9.17, 15) is 18.0 Å². The number of urea groups is 1. The normalized spacial score (nSPS) is 14.9. The maximum absolute atomic E-state index is 13.9. The van der Waals surface area contributed by atoms with Crippen LogP contribution >= 0.6 is 0 Å². The molecule has 0 aliphatic carbocycles. The lowest BCUT2D eigenvalue weighted by molar-refractivity contribution is -0.138. The number of amides is 2. The summed E-state index contributed by atoms with van der Waals surface area (Å²) in [6.45, 7) is 1.64. The number of halogens is 3. The van der Waals surface area contributed by atoms with Crippen LogP contribution in [0.1, 0.15) is 24.0 Å². The molecule has 5 rings (SSSR count). The number of aryl methyl sites for hydroxylation is 1. The van der Waals surface area contributed by atoms with Gasteiger partial charge in [-0.1, -0.05) is 12.1 Å². The topological polar surface area (TPSA) is 126 Å². The number of aromatic nitrogens is 4. The third-order valence-corrected chi connectivity index (χ3v) is 7.08. The van der Waals surface area contributed by atoms with Crippen molar-refractivity contribution in [3.05, 3.63) is 59.8 Å². The van der Waals surface area contributed by atoms with Gasteiger partial charge in [0.15, 0.2) is 5.82 Å². The van der Waals surface area contributed by atoms with Gasteiger partial charge in [0.2, 0.25) is 5.95 Å². The number of nitrogens with zero attached hydrogens (tertiary/aromatic N) is 5. The van der Waals surface area contributed by atoms with Crippen LogP contribution in [-0.4, -0.2) is 56.9 Å². The second kappa shape index (κ2) is 11.1. The Bertz CT molecular complexity index is 1530. The maximum atomic E-state index is 13.9. The Morgan fingerprint density at radius 2 is 1.88 bits per heavy atom. The molecular formula is C27H30F3N9O. The Morgan fingerprint density at radius 3 is 2.60 bits per heavy atom. The number of nitrogen functional groups attached to an aromatic ring is 1. The van der Waals surface area contributed by atoms with Gasteiger partial charge < -0.3 is 16.4 Å². The van der Waals surface area contributed by atoms with E-state index in [1.807, 2.05) is 30.1 Å². The first-order chi connectivity index (χ1) is 19.1. The predicted molar refractivity (Wildman–Crippen MR) is 148 cm³/mol. The van der Waals surface area contributed by atoms with E-state index in [2.05, 4.69) is 31.0 Å². The summed E-state index contributed by atoms with van der Waals surface area (Å²) in [5.41, 5.74) is 7.31. The minimum atomic E-state index is -4.56. The summed E-state index contributed by atoms with van der Waals surface area (Å²) in [6.07, 6.45) is -1.16. The van der Waals surface area contributed by atoms with Gasteiger partial charge in [-0.2, -0.15) is 18.3 Å². The van der Waals surface area contributed by atoms with Crippen molar-refractivity contribution in [3.63, 3.8) is 0 Å². The highest BCUT2D eigenvalue weighted by Gasteiger charge is 2.34. The molecule has 13 heteroatoms. The fourth-order valence-electron chi connectivity index (χ4n) is 4.96. The second-order valence-electron chi connectivity index (χ2n) is 9.83. The highest BCUT2D eigenvalue weighted by atomic mass is 19.4. The predicted octanol–water partition coefficient (Wildman–Crippen LogP) is 4.46. The number of rotatable bonds is 6. The molecule has 210 valence electrons. The van der Waals surface area contributed by atoms with E-state index < -0.39 is 17.8 Å². The lowest BCUT2D eigenvalue weighted by Gasteiger charge is -2.32. The molecule has 3 heterocycles. The SMILES string of the molecule is CNC1CCN(Cc2ccc(NC(=O)Nc3cc(-c4ccc5nc(N)ncc5c4)n(C)n3)cc2C(F)(F)F)CC1. The molecule has 4 aromatic rings. The number of fused-ring (bicyclic) bond motifs is 1. The summed E-state index contributed by atoms with van der Waals surface area (Å²) in [7, 11) is 3.62. The van der Waals surface area contributed by atoms with Gasteiger partial charge in [0, 0.05) is 48.5 Å². The number of hydrogen-bond donors (Lipinski definition) is 4. The molecule has 0 saturated carbocycles. The van der Waals surface area contributed by atoms with Gasteiger partial charge in [-0.15, -0.1) is 0 Å². The number of likely N-dealkylation sites (tertiary alicyclic amines) is 1. The minimum absolute atomic E-state index is 0.0347. The lowest BCUT2D eigenvalue weighted by atomic mass is 10.0. The Labute approximate surface area is 228 Å². The van der Waals surface area contributed by atoms with Crippen LogP contribution in [0, 0.1) is 0 Å². The van der Waals surface area contributed by atoms with Crippen molar-refractivity contribution in [2.24, 2.45) is 7.05 Å². The largest absolute Gasteiger partial charge is 0.416 e. The Kier molecular flexibility index (Phi) is 7.59. The van der Waals surface area contributed by atoms with Gasteiger partial charge in [-0.3, -0.25) is 14.9 Å². The molecule has 10 nitrogen and oxygen atoms in total. The summed E-state index contributed by atoms with van der Waals surface area (Å²) in [6, 6.07) is 10.8. The van der Waals surface area contributed by atoms with Gasteiger partial charge in [0.25, 0.3) is 0 Å². The highest BCUT2D eigenvalue weighted by molar-refractivity contribution is 5.99. The van der Waals surface area contributed by atoms with Crippen LogP contribution in [0.25, 0.3) is 22.2 Å². The van der Waals surface area contributed by atoms with Crippen LogP contribution in [0.5, 0.6) is 0 Å². The van der Waals surface area contributed by atoms with Gasteiger partial charge in [0.05, 0.1) is 16.8 Å². The van der Waals surface area contributed by atoms with Crippen molar-refractivity contribution in [1.29, 1.82) is 0 Å². The van der Waals surface area contributed by atoms with E-state index >= 15 is 0 Å². The van der Waals surface area contributed by atoms with Crippen molar-refractivity contribution in [2.45, 2.75) is 31.6 Å². The van der Waals surface area contributed by atoms with Gasteiger partial charge in [-0.25, -0.2) is 14.8 Å². The number of alkyl halides is 3. The molecule has 1 saturated heterocycles. The van der Waals surface area contributed by atoms with Crippen molar-refractivity contribution >= 4 is 34.4 Å². The molecule has 1 fully saturated rings. The summed E-state index contributed by atoms with van der Waals surface area (Å²) in [4.78, 5) is 22.9. The third-order valence-electron chi connectivity index (χ3n) is 7.08. The number of nitrogens with one attached hydrogen (secondary N) is 3. The number of benzene rings is 2. The van der Waals surface area contributed by atoms with Gasteiger partial charge in [0.1, 0.15) is 0 Å². The van der Waals surface area contributed by atoms with Crippen molar-refractivity contribution in [1.82, 2.24) is 30.0 Å². The van der Waals surface area contributed by atoms with Crippen LogP contribution < -0.4 is 21.7 Å². The molecule has 0 bridgehead atoms. The van der Waals surface area contributed by atoms with Crippen molar-refractivity contribution in [2.75, 3.05) is 36.5 Å². The third kappa shape index (κ3) is 6.15. The molecule has 40 heavy (non-hydrogen) atoms. The summed E-state index contributed by atoms with van der Waals surface area (Å²) in [5, 5.41) is 13.4. The van der Waals surface area contributed by atoms with Crippen LogP contribution in [-0.2, 0) is 19.8 Å². The first kappa shape index (κ1) is 27.3. The smallest absolute Gasteiger partial charge is 0.368 e. The van der Waals surface area contributed by atoms with Crippen molar-refractivity contribution < 1.29 is 18.0 Å². The Morgan fingerprint density at radius 1 is 1.10 bits per heavy atom. The number of carbonyl (C=O) groups is 1. The summed E-state index contributed by atoms with van der Waals surface area (Å²) in [5.74, 6) is 0.418. The number of hydrogen-bond acceptors (Lipinski definition) is 7. The number of anilines is 3. The van der Waals surface area contributed by atoms with Crippen LogP contribution in [0.3, 0.4) is 0 Å². The molecule has 2 amide bonds. The molecular weight excluding hydrogens is 523 g/mol. The molecule has 2 aromatic heterocycles. The molecule has 5 N–H and O–H groups in total. The second-order valence-corrected chi connectivity index (χ2v) is 9.83. The van der Waals surface area contributed by atoms with Crippen molar-refractivity contribution in [3.8, 4) is 11.3 Å². The van der Waals surface area contributed by atoms with Gasteiger partial charge >= 0.3 is 12.2 Å². The minimum Gasteiger partial charge on any atom is -0.368 e. The fourth-order valence-corrected chi connectivity index (χ4v) is 4.96. The molecule has 0 unspecified atom stereocenters. The monoisotopic (exact) mass is 553 g/mol. The first-order valence-electron chi connectivity index (χ1n) is 12.8. The van der Waals surface area contributed by atoms with E-state index in [4.69, 9.17) is 5.73 Å². The molecule has 0 spiro atoms. The standard InChI is InChI=1S/C27H30F3N9O/c1-32-19-7-9-39(10-8-19)15-17-3-5-20(12-21(17)27(28,29)30)34-26(40)36-24-13-23(38(2)37-24)16-4-6-22-18(11-16)14-33-25(31)35-22/h3-6,11-14,19,32H,7-10,15H2,1-2H3,(H2,31,33,35)(H2,34,36,37,40). The number of piperidine rings is 1. The van der Waals surface area contributed by atoms with Crippen LogP contribution in [0.4, 0.5) is 35.4 Å². The summed E-state index contributed by atoms with van der Waals surface area (Å²) >= 11 is 0. The zero-order valence-electron chi connectivity index (χ0n) is 22.1. The zero-order chi connectivity index (χ0) is 28.4. The highest BCUT2D eigenvalue weighted by Crippen LogP contribution is 2.35. The molecule has 0 radical (unpaired) electrons. The van der Waals surface area contributed by atoms with Gasteiger partial charge in [-0.05, 0) is 62.8 Å². The van der Waals surface area contributed by atoms with E-state index in [0.29, 0.717) is 17.3 Å². The average Bonchev–Trinajstić information content (AvgIpc) is 3.28. The number of nitrogens with two attached hydrogens (primary N) is 1. The first-order valence-corrected chi connectivity index (χ1v) is 12.8. The average molecular weight is 554 g/mol. The van der Waals surface area contributed by atoms with E-state index in [1.54, 1.807) is 24.0 Å². The lowest BCUT2D eigenvalue weighted by Crippen LogP contribution is -2.41. The summed E-state index contributed by atoms with van der Waals surface area (Å²) < 4.78 is 43.4. The fraction of sp³-hybridized carbons (Fsp3) is 0.333. The van der Waals surface area contributed by atoms with E-state index in [0.717, 1.165) is 42.9 Å². The van der Waals surface area contributed by atoms with E-state index in [1.165, 1.54) is 12.1 Å². The zero-order valence-corrected chi connectivity index (χ0v) is 22.1. The van der Waals surface area contributed by atoms with Crippen LogP contribution in [0.2, 0.25) is 0 Å².